The van der Waals surface area contributed by atoms with Crippen LogP contribution in [0.15, 0.2) is 48.5 Å². The van der Waals surface area contributed by atoms with Gasteiger partial charge in [-0.15, -0.1) is 0 Å². The molecule has 0 aliphatic heterocycles. The molecule has 4 N–H and O–H groups in total. The van der Waals surface area contributed by atoms with Gasteiger partial charge >= 0.3 is 18.1 Å². The zero-order valence-corrected chi connectivity index (χ0v) is 26.6. The van der Waals surface area contributed by atoms with Crippen molar-refractivity contribution in [2.24, 2.45) is 5.73 Å². The quantitative estimate of drug-likeness (QED) is 0.126. The smallest absolute Gasteiger partial charge is 0.408 e. The fourth-order valence-electron chi connectivity index (χ4n) is 3.50. The van der Waals surface area contributed by atoms with Crippen LogP contribution in [0.3, 0.4) is 0 Å². The summed E-state index contributed by atoms with van der Waals surface area (Å²) in [6.45, 7) is 11.5. The van der Waals surface area contributed by atoms with E-state index in [2.05, 4.69) is 25.6 Å². The summed E-state index contributed by atoms with van der Waals surface area (Å²) in [5, 5.41) is 5.49. The van der Waals surface area contributed by atoms with Gasteiger partial charge in [0.15, 0.2) is 0 Å². The SMILES string of the molecule is CC(C)(C)OC(=O)NCC=O.CCOC(=O)c1ccc(Cc2nc(NCc3ccc(OCCCN)cc3)nc(OCC)n2)cc1. The number of rotatable bonds is 15. The Morgan fingerprint density at radius 3 is 2.20 bits per heavy atom. The second kappa shape index (κ2) is 19.5. The van der Waals surface area contributed by atoms with E-state index >= 15 is 0 Å². The number of alkyl carbamates (subject to hydrolysis) is 1. The molecule has 0 aliphatic carbocycles. The van der Waals surface area contributed by atoms with Crippen molar-refractivity contribution in [3.63, 3.8) is 0 Å². The Morgan fingerprint density at radius 1 is 0.911 bits per heavy atom. The minimum atomic E-state index is -0.565. The number of aldehydes is 1. The van der Waals surface area contributed by atoms with Crippen LogP contribution in [-0.4, -0.2) is 71.8 Å². The van der Waals surface area contributed by atoms with Crippen molar-refractivity contribution in [3.8, 4) is 11.8 Å². The molecule has 3 rings (SSSR count). The highest BCUT2D eigenvalue weighted by atomic mass is 16.6. The van der Waals surface area contributed by atoms with Crippen LogP contribution in [0.2, 0.25) is 0 Å². The molecule has 0 fully saturated rings. The van der Waals surface area contributed by atoms with Crippen LogP contribution in [0.4, 0.5) is 10.7 Å². The maximum atomic E-state index is 11.9. The number of nitrogens with zero attached hydrogens (tertiary/aromatic N) is 3. The molecular weight excluding hydrogens is 580 g/mol. The number of benzene rings is 2. The van der Waals surface area contributed by atoms with E-state index in [9.17, 15) is 14.4 Å². The summed E-state index contributed by atoms with van der Waals surface area (Å²) in [6.07, 6.45) is 1.33. The summed E-state index contributed by atoms with van der Waals surface area (Å²) in [5.41, 5.74) is 7.51. The van der Waals surface area contributed by atoms with Crippen molar-refractivity contribution in [1.82, 2.24) is 20.3 Å². The Kier molecular flexibility index (Phi) is 15.8. The first-order valence-electron chi connectivity index (χ1n) is 14.8. The molecule has 0 saturated carbocycles. The van der Waals surface area contributed by atoms with Crippen molar-refractivity contribution in [2.75, 3.05) is 38.2 Å². The third-order valence-electron chi connectivity index (χ3n) is 5.48. The molecular formula is C32H44N6O7. The molecule has 0 radical (unpaired) electrons. The van der Waals surface area contributed by atoms with Gasteiger partial charge in [-0.1, -0.05) is 24.3 Å². The molecule has 0 unspecified atom stereocenters. The van der Waals surface area contributed by atoms with Gasteiger partial charge in [0.1, 0.15) is 23.5 Å². The lowest BCUT2D eigenvalue weighted by Gasteiger charge is -2.18. The topological polar surface area (TPSA) is 177 Å². The van der Waals surface area contributed by atoms with Gasteiger partial charge in [0.25, 0.3) is 0 Å². The van der Waals surface area contributed by atoms with Crippen LogP contribution in [0.5, 0.6) is 11.8 Å². The predicted octanol–water partition coefficient (Wildman–Crippen LogP) is 4.09. The lowest BCUT2D eigenvalue weighted by molar-refractivity contribution is -0.107. The summed E-state index contributed by atoms with van der Waals surface area (Å²) in [5.74, 6) is 1.47. The van der Waals surface area contributed by atoms with Gasteiger partial charge in [0.2, 0.25) is 5.95 Å². The molecule has 3 aromatic rings. The predicted molar refractivity (Wildman–Crippen MR) is 169 cm³/mol. The van der Waals surface area contributed by atoms with Crippen LogP contribution >= 0.6 is 0 Å². The summed E-state index contributed by atoms with van der Waals surface area (Å²) in [7, 11) is 0. The Hall–Kier alpha value is -4.78. The third kappa shape index (κ3) is 15.0. The number of nitrogens with two attached hydrogens (primary N) is 1. The molecule has 0 aliphatic rings. The molecule has 13 nitrogen and oxygen atoms in total. The van der Waals surface area contributed by atoms with Gasteiger partial charge in [-0.05, 0) is 83.0 Å². The van der Waals surface area contributed by atoms with Crippen LogP contribution in [-0.2, 0) is 27.2 Å². The van der Waals surface area contributed by atoms with Crippen molar-refractivity contribution in [2.45, 2.75) is 59.6 Å². The number of ether oxygens (including phenoxy) is 4. The molecule has 2 aromatic carbocycles. The minimum absolute atomic E-state index is 0.00505. The number of aromatic nitrogens is 3. The monoisotopic (exact) mass is 624 g/mol. The van der Waals surface area contributed by atoms with Gasteiger partial charge < -0.3 is 40.1 Å². The Bertz CT molecular complexity index is 1330. The van der Waals surface area contributed by atoms with E-state index in [0.717, 1.165) is 23.3 Å². The second-order valence-electron chi connectivity index (χ2n) is 10.4. The number of esters is 1. The molecule has 1 amide bonds. The number of amides is 1. The van der Waals surface area contributed by atoms with E-state index in [1.807, 2.05) is 43.3 Å². The highest BCUT2D eigenvalue weighted by Gasteiger charge is 2.15. The molecule has 1 heterocycles. The van der Waals surface area contributed by atoms with Gasteiger partial charge in [0, 0.05) is 13.0 Å². The molecule has 0 spiro atoms. The largest absolute Gasteiger partial charge is 0.494 e. The molecule has 0 saturated heterocycles. The third-order valence-corrected chi connectivity index (χ3v) is 5.48. The molecule has 0 atom stereocenters. The van der Waals surface area contributed by atoms with Gasteiger partial charge in [0.05, 0.1) is 31.9 Å². The normalized spacial score (nSPS) is 10.5. The minimum Gasteiger partial charge on any atom is -0.494 e. The van der Waals surface area contributed by atoms with E-state index in [1.54, 1.807) is 39.8 Å². The van der Waals surface area contributed by atoms with Crippen LogP contribution in [0.1, 0.15) is 68.3 Å². The maximum Gasteiger partial charge on any atom is 0.408 e. The fraction of sp³-hybridized carbons (Fsp3) is 0.438. The van der Waals surface area contributed by atoms with E-state index in [0.29, 0.717) is 63.0 Å². The van der Waals surface area contributed by atoms with E-state index in [1.165, 1.54) is 0 Å². The average molecular weight is 625 g/mol. The Labute approximate surface area is 264 Å². The number of carbonyl (C=O) groups excluding carboxylic acids is 3. The average Bonchev–Trinajstić information content (AvgIpc) is 3.00. The maximum absolute atomic E-state index is 11.9. The van der Waals surface area contributed by atoms with Crippen LogP contribution < -0.4 is 25.8 Å². The standard InChI is InChI=1S/C25H31N5O4.C7H13NO3/c1-3-32-23(31)20-10-6-18(7-11-20)16-22-28-24(30-25(29-22)33-4-2)27-17-19-8-12-21(13-9-19)34-15-5-14-26;1-7(2,3)11-6(10)8-4-5-9/h6-13H,3-5,14-17,26H2,1-2H3,(H,27,28,29,30);5H,4H2,1-3H3,(H,8,10). The number of carbonyl (C=O) groups is 3. The Balaban J connectivity index is 0.000000547. The first-order valence-corrected chi connectivity index (χ1v) is 14.8. The number of hydrogen-bond acceptors (Lipinski definition) is 12. The van der Waals surface area contributed by atoms with Gasteiger partial charge in [-0.2, -0.15) is 15.0 Å². The van der Waals surface area contributed by atoms with Crippen LogP contribution in [0.25, 0.3) is 0 Å². The van der Waals surface area contributed by atoms with Crippen molar-refractivity contribution in [3.05, 3.63) is 71.0 Å². The number of anilines is 1. The summed E-state index contributed by atoms with van der Waals surface area (Å²) >= 11 is 0. The first kappa shape index (κ1) is 36.4. The Morgan fingerprint density at radius 2 is 1.60 bits per heavy atom. The fourth-order valence-corrected chi connectivity index (χ4v) is 3.50. The van der Waals surface area contributed by atoms with E-state index in [-0.39, 0.29) is 18.5 Å². The van der Waals surface area contributed by atoms with Crippen molar-refractivity contribution < 1.29 is 33.3 Å². The lowest BCUT2D eigenvalue weighted by atomic mass is 10.1. The zero-order valence-electron chi connectivity index (χ0n) is 26.6. The van der Waals surface area contributed by atoms with Gasteiger partial charge in [-0.25, -0.2) is 9.59 Å². The zero-order chi connectivity index (χ0) is 33.1. The molecule has 13 heteroatoms. The van der Waals surface area contributed by atoms with E-state index < -0.39 is 11.7 Å². The van der Waals surface area contributed by atoms with Crippen molar-refractivity contribution >= 4 is 24.3 Å². The molecule has 244 valence electrons. The first-order chi connectivity index (χ1) is 21.6. The summed E-state index contributed by atoms with van der Waals surface area (Å²) in [4.78, 5) is 45.7. The highest BCUT2D eigenvalue weighted by molar-refractivity contribution is 5.89. The molecule has 1 aromatic heterocycles. The van der Waals surface area contributed by atoms with E-state index in [4.69, 9.17) is 24.7 Å². The van der Waals surface area contributed by atoms with Gasteiger partial charge in [-0.3, -0.25) is 0 Å². The van der Waals surface area contributed by atoms with Crippen LogP contribution in [0, 0.1) is 0 Å². The number of nitrogens with one attached hydrogen (secondary N) is 2. The lowest BCUT2D eigenvalue weighted by Crippen LogP contribution is -2.33. The summed E-state index contributed by atoms with van der Waals surface area (Å²) < 4.78 is 21.0. The highest BCUT2D eigenvalue weighted by Crippen LogP contribution is 2.16. The van der Waals surface area contributed by atoms with Crippen molar-refractivity contribution in [1.29, 1.82) is 0 Å². The summed E-state index contributed by atoms with van der Waals surface area (Å²) in [6, 6.07) is 15.3. The molecule has 0 bridgehead atoms. The number of hydrogen-bond donors (Lipinski definition) is 3. The molecule has 45 heavy (non-hydrogen) atoms. The second-order valence-corrected chi connectivity index (χ2v) is 10.4.